The predicted molar refractivity (Wildman–Crippen MR) is 64.4 cm³/mol. The molecule has 1 aromatic rings. The van der Waals surface area contributed by atoms with Crippen molar-refractivity contribution in [3.63, 3.8) is 0 Å². The Hall–Kier alpha value is -2.02. The SMILES string of the molecule is N#CC12CC(CN1C(=O)OCc1ccccc1)C2. The highest BCUT2D eigenvalue weighted by Crippen LogP contribution is 2.50. The normalized spacial score (nSPS) is 28.4. The number of amides is 1. The van der Waals surface area contributed by atoms with Gasteiger partial charge in [0.1, 0.15) is 12.1 Å². The van der Waals surface area contributed by atoms with E-state index in [0.29, 0.717) is 12.5 Å². The van der Waals surface area contributed by atoms with E-state index in [1.807, 2.05) is 30.3 Å². The van der Waals surface area contributed by atoms with Crippen molar-refractivity contribution in [2.45, 2.75) is 25.0 Å². The molecule has 4 heteroatoms. The fourth-order valence-electron chi connectivity index (χ4n) is 2.88. The smallest absolute Gasteiger partial charge is 0.411 e. The van der Waals surface area contributed by atoms with Crippen LogP contribution in [0, 0.1) is 17.2 Å². The van der Waals surface area contributed by atoms with Crippen molar-refractivity contribution in [3.05, 3.63) is 35.9 Å². The number of nitriles is 1. The van der Waals surface area contributed by atoms with Gasteiger partial charge in [-0.3, -0.25) is 4.90 Å². The summed E-state index contributed by atoms with van der Waals surface area (Å²) >= 11 is 0. The maximum absolute atomic E-state index is 12.0. The third-order valence-electron chi connectivity index (χ3n) is 3.84. The first kappa shape index (κ1) is 11.1. The summed E-state index contributed by atoms with van der Waals surface area (Å²) < 4.78 is 5.27. The van der Waals surface area contributed by atoms with Crippen LogP contribution in [0.4, 0.5) is 4.79 Å². The van der Waals surface area contributed by atoms with Crippen molar-refractivity contribution in [3.8, 4) is 6.07 Å². The van der Waals surface area contributed by atoms with Gasteiger partial charge < -0.3 is 4.74 Å². The van der Waals surface area contributed by atoms with Gasteiger partial charge in [0.25, 0.3) is 0 Å². The average molecular weight is 242 g/mol. The van der Waals surface area contributed by atoms with Crippen LogP contribution in [0.5, 0.6) is 0 Å². The Morgan fingerprint density at radius 2 is 2.17 bits per heavy atom. The number of fused-ring (bicyclic) bond motifs is 1. The molecule has 2 bridgehead atoms. The predicted octanol–water partition coefficient (Wildman–Crippen LogP) is 2.31. The second-order valence-corrected chi connectivity index (χ2v) is 5.07. The van der Waals surface area contributed by atoms with Crippen LogP contribution < -0.4 is 0 Å². The molecule has 0 aromatic heterocycles. The molecule has 0 radical (unpaired) electrons. The summed E-state index contributed by atoms with van der Waals surface area (Å²) in [4.78, 5) is 13.6. The van der Waals surface area contributed by atoms with E-state index in [-0.39, 0.29) is 12.7 Å². The van der Waals surface area contributed by atoms with Gasteiger partial charge in [-0.05, 0) is 24.3 Å². The molecular weight excluding hydrogens is 228 g/mol. The van der Waals surface area contributed by atoms with Gasteiger partial charge in [0.15, 0.2) is 0 Å². The first-order valence-corrected chi connectivity index (χ1v) is 6.13. The van der Waals surface area contributed by atoms with E-state index >= 15 is 0 Å². The third kappa shape index (κ3) is 1.63. The van der Waals surface area contributed by atoms with Gasteiger partial charge in [-0.25, -0.2) is 4.79 Å². The molecule has 2 saturated heterocycles. The van der Waals surface area contributed by atoms with Crippen LogP contribution in [0.2, 0.25) is 0 Å². The minimum atomic E-state index is -0.571. The first-order valence-electron chi connectivity index (χ1n) is 6.13. The Morgan fingerprint density at radius 1 is 1.44 bits per heavy atom. The minimum absolute atomic E-state index is 0.266. The van der Waals surface area contributed by atoms with E-state index in [9.17, 15) is 4.79 Å². The lowest BCUT2D eigenvalue weighted by atomic mass is 9.74. The molecule has 1 aromatic carbocycles. The quantitative estimate of drug-likeness (QED) is 0.799. The number of benzene rings is 1. The fourth-order valence-corrected chi connectivity index (χ4v) is 2.88. The maximum Gasteiger partial charge on any atom is 0.411 e. The summed E-state index contributed by atoms with van der Waals surface area (Å²) in [5.74, 6) is 0.494. The van der Waals surface area contributed by atoms with Gasteiger partial charge in [-0.15, -0.1) is 0 Å². The molecule has 3 fully saturated rings. The largest absolute Gasteiger partial charge is 0.445 e. The van der Waals surface area contributed by atoms with Gasteiger partial charge in [0, 0.05) is 6.54 Å². The van der Waals surface area contributed by atoms with Crippen LogP contribution in [0.15, 0.2) is 30.3 Å². The number of nitrogens with zero attached hydrogens (tertiary/aromatic N) is 2. The fraction of sp³-hybridized carbons (Fsp3) is 0.429. The first-order chi connectivity index (χ1) is 8.73. The topological polar surface area (TPSA) is 53.3 Å². The molecule has 4 nitrogen and oxygen atoms in total. The second-order valence-electron chi connectivity index (χ2n) is 5.07. The van der Waals surface area contributed by atoms with Gasteiger partial charge in [0.05, 0.1) is 6.07 Å². The van der Waals surface area contributed by atoms with Crippen molar-refractivity contribution < 1.29 is 9.53 Å². The Bertz CT molecular complexity index is 500. The van der Waals surface area contributed by atoms with Crippen molar-refractivity contribution in [2.24, 2.45) is 5.92 Å². The molecule has 1 amide bonds. The Labute approximate surface area is 106 Å². The number of carbonyl (C=O) groups excluding carboxylic acids is 1. The van der Waals surface area contributed by atoms with Gasteiger partial charge in [0.2, 0.25) is 0 Å². The number of hydrogen-bond acceptors (Lipinski definition) is 3. The minimum Gasteiger partial charge on any atom is -0.445 e. The van der Waals surface area contributed by atoms with Crippen LogP contribution in [0.1, 0.15) is 18.4 Å². The lowest BCUT2D eigenvalue weighted by molar-refractivity contribution is 0.0796. The molecule has 92 valence electrons. The van der Waals surface area contributed by atoms with Gasteiger partial charge in [-0.2, -0.15) is 5.26 Å². The zero-order valence-electron chi connectivity index (χ0n) is 10.0. The number of ether oxygens (including phenoxy) is 1. The maximum atomic E-state index is 12.0. The van der Waals surface area contributed by atoms with E-state index in [1.165, 1.54) is 0 Å². The zero-order valence-corrected chi connectivity index (χ0v) is 10.0. The van der Waals surface area contributed by atoms with Gasteiger partial charge in [-0.1, -0.05) is 30.3 Å². The molecule has 0 spiro atoms. The highest BCUT2D eigenvalue weighted by Gasteiger charge is 2.59. The van der Waals surface area contributed by atoms with Crippen molar-refractivity contribution in [1.82, 2.24) is 4.90 Å². The number of rotatable bonds is 2. The summed E-state index contributed by atoms with van der Waals surface area (Å²) in [6.07, 6.45) is 1.26. The monoisotopic (exact) mass is 242 g/mol. The summed E-state index contributed by atoms with van der Waals surface area (Å²) in [6.45, 7) is 0.934. The lowest BCUT2D eigenvalue weighted by Crippen LogP contribution is -2.47. The molecule has 0 atom stereocenters. The van der Waals surface area contributed by atoms with Crippen molar-refractivity contribution >= 4 is 6.09 Å². The Morgan fingerprint density at radius 3 is 2.83 bits per heavy atom. The van der Waals surface area contributed by atoms with Crippen LogP contribution >= 0.6 is 0 Å². The van der Waals surface area contributed by atoms with Crippen LogP contribution in [-0.4, -0.2) is 23.1 Å². The number of hydrogen-bond donors (Lipinski definition) is 0. The Kier molecular flexibility index (Phi) is 2.48. The van der Waals surface area contributed by atoms with Crippen LogP contribution in [0.25, 0.3) is 0 Å². The molecule has 3 aliphatic rings. The lowest BCUT2D eigenvalue weighted by Gasteiger charge is -2.34. The number of carbonyl (C=O) groups is 1. The highest BCUT2D eigenvalue weighted by atomic mass is 16.6. The zero-order chi connectivity index (χ0) is 12.6. The Balaban J connectivity index is 1.62. The molecule has 18 heavy (non-hydrogen) atoms. The molecule has 0 unspecified atom stereocenters. The summed E-state index contributed by atoms with van der Waals surface area (Å²) in [6, 6.07) is 11.8. The standard InChI is InChI=1S/C14H14N2O2/c15-10-14-6-12(7-14)8-16(14)13(17)18-9-11-4-2-1-3-5-11/h1-5,12H,6-9H2. The molecular formula is C14H14N2O2. The van der Waals surface area contributed by atoms with E-state index in [2.05, 4.69) is 6.07 Å². The van der Waals surface area contributed by atoms with Crippen molar-refractivity contribution in [1.29, 1.82) is 5.26 Å². The summed E-state index contributed by atoms with van der Waals surface area (Å²) in [7, 11) is 0. The van der Waals surface area contributed by atoms with Crippen LogP contribution in [0.3, 0.4) is 0 Å². The van der Waals surface area contributed by atoms with Crippen LogP contribution in [-0.2, 0) is 11.3 Å². The summed E-state index contributed by atoms with van der Waals surface area (Å²) in [5, 5.41) is 9.17. The molecule has 1 saturated carbocycles. The molecule has 1 aliphatic carbocycles. The average Bonchev–Trinajstić information content (AvgIpc) is 2.92. The van der Waals surface area contributed by atoms with E-state index in [4.69, 9.17) is 10.00 Å². The van der Waals surface area contributed by atoms with E-state index in [1.54, 1.807) is 4.90 Å². The third-order valence-corrected chi connectivity index (χ3v) is 3.84. The molecule has 4 rings (SSSR count). The molecule has 2 heterocycles. The van der Waals surface area contributed by atoms with E-state index < -0.39 is 5.54 Å². The summed E-state index contributed by atoms with van der Waals surface area (Å²) in [5.41, 5.74) is 0.390. The highest BCUT2D eigenvalue weighted by molar-refractivity contribution is 5.71. The van der Waals surface area contributed by atoms with E-state index in [0.717, 1.165) is 18.4 Å². The second kappa shape index (κ2) is 4.02. The molecule has 2 aliphatic heterocycles. The molecule has 0 N–H and O–H groups in total. The van der Waals surface area contributed by atoms with Gasteiger partial charge >= 0.3 is 6.09 Å². The van der Waals surface area contributed by atoms with Crippen molar-refractivity contribution in [2.75, 3.05) is 6.54 Å².